The number of carbonyl (C=O) groups excluding carboxylic acids is 1. The fraction of sp³-hybridized carbons (Fsp3) is 0.927. The van der Waals surface area contributed by atoms with Gasteiger partial charge in [0, 0.05) is 13.0 Å². The van der Waals surface area contributed by atoms with E-state index < -0.39 is 0 Å². The minimum absolute atomic E-state index is 0.114. The molecule has 0 radical (unpaired) electrons. The lowest BCUT2D eigenvalue weighted by Gasteiger charge is -2.12. The predicted molar refractivity (Wildman–Crippen MR) is 196 cm³/mol. The summed E-state index contributed by atoms with van der Waals surface area (Å²) in [5.74, 6) is 0.114. The lowest BCUT2D eigenvalue weighted by Crippen LogP contribution is -2.31. The summed E-state index contributed by atoms with van der Waals surface area (Å²) >= 11 is 0. The fourth-order valence-corrected chi connectivity index (χ4v) is 6.24. The Morgan fingerprint density at radius 2 is 0.795 bits per heavy atom. The van der Waals surface area contributed by atoms with Gasteiger partial charge >= 0.3 is 0 Å². The van der Waals surface area contributed by atoms with Gasteiger partial charge in [0.1, 0.15) is 0 Å². The molecule has 262 valence electrons. The Kier molecular flexibility index (Phi) is 37.6. The first-order valence-electron chi connectivity index (χ1n) is 20.3. The Labute approximate surface area is 277 Å². The summed E-state index contributed by atoms with van der Waals surface area (Å²) in [4.78, 5) is 12.1. The molecule has 1 atom stereocenters. The van der Waals surface area contributed by atoms with Gasteiger partial charge in [0.25, 0.3) is 0 Å². The van der Waals surface area contributed by atoms with Crippen molar-refractivity contribution in [3.63, 3.8) is 0 Å². The number of rotatable bonds is 37. The summed E-state index contributed by atoms with van der Waals surface area (Å²) in [6.07, 6.45) is 48.6. The van der Waals surface area contributed by atoms with Crippen LogP contribution in [0.4, 0.5) is 0 Å². The second-order valence-corrected chi connectivity index (χ2v) is 13.9. The van der Waals surface area contributed by atoms with Crippen LogP contribution in [0.3, 0.4) is 0 Å². The van der Waals surface area contributed by atoms with Gasteiger partial charge < -0.3 is 10.4 Å². The number of carbonyl (C=O) groups is 1. The average Bonchev–Trinajstić information content (AvgIpc) is 3.03. The van der Waals surface area contributed by atoms with Crippen LogP contribution < -0.4 is 5.32 Å². The Morgan fingerprint density at radius 1 is 0.477 bits per heavy atom. The van der Waals surface area contributed by atoms with Crippen LogP contribution in [0, 0.1) is 0 Å². The Bertz CT molecular complexity index is 575. The largest absolute Gasteiger partial charge is 0.391 e. The summed E-state index contributed by atoms with van der Waals surface area (Å²) in [5.41, 5.74) is 0. The average molecular weight is 620 g/mol. The van der Waals surface area contributed by atoms with Crippen molar-refractivity contribution in [1.29, 1.82) is 0 Å². The standard InChI is InChI=1S/C41H81NO2/c1-3-5-7-9-11-13-15-17-18-19-20-21-22-23-24-26-28-30-32-34-36-38-41(44)42-39-40(43)37-35-33-31-29-27-25-16-14-12-10-8-6-4-2/h17-18,40,43H,3-16,19-39H2,1-2H3,(H,42,44)/b18-17+. The second kappa shape index (κ2) is 38.4. The van der Waals surface area contributed by atoms with E-state index in [-0.39, 0.29) is 12.0 Å². The molecule has 0 aliphatic carbocycles. The molecule has 44 heavy (non-hydrogen) atoms. The van der Waals surface area contributed by atoms with Crippen molar-refractivity contribution >= 4 is 5.91 Å². The van der Waals surface area contributed by atoms with Crippen LogP contribution in [0.15, 0.2) is 12.2 Å². The van der Waals surface area contributed by atoms with E-state index in [1.54, 1.807) is 0 Å². The molecule has 3 nitrogen and oxygen atoms in total. The van der Waals surface area contributed by atoms with E-state index >= 15 is 0 Å². The number of aliphatic hydroxyl groups excluding tert-OH is 1. The number of allylic oxidation sites excluding steroid dienone is 2. The number of hydrogen-bond donors (Lipinski definition) is 2. The van der Waals surface area contributed by atoms with Gasteiger partial charge in [0.05, 0.1) is 6.10 Å². The summed E-state index contributed by atoms with van der Waals surface area (Å²) < 4.78 is 0. The minimum atomic E-state index is -0.386. The molecule has 0 rings (SSSR count). The monoisotopic (exact) mass is 620 g/mol. The molecule has 1 unspecified atom stereocenters. The highest BCUT2D eigenvalue weighted by molar-refractivity contribution is 5.75. The molecule has 2 N–H and O–H groups in total. The first-order chi connectivity index (χ1) is 21.7. The van der Waals surface area contributed by atoms with Crippen molar-refractivity contribution in [2.45, 2.75) is 238 Å². The lowest BCUT2D eigenvalue weighted by atomic mass is 10.0. The number of amides is 1. The number of unbranched alkanes of at least 4 members (excludes halogenated alkanes) is 29. The molecule has 3 heteroatoms. The summed E-state index contributed by atoms with van der Waals surface area (Å²) in [6, 6.07) is 0. The fourth-order valence-electron chi connectivity index (χ4n) is 6.24. The first kappa shape index (κ1) is 43.2. The van der Waals surface area contributed by atoms with Crippen LogP contribution in [0.1, 0.15) is 232 Å². The molecule has 0 aliphatic heterocycles. The number of aliphatic hydroxyl groups is 1. The van der Waals surface area contributed by atoms with Crippen LogP contribution in [0.25, 0.3) is 0 Å². The Hall–Kier alpha value is -0.830. The van der Waals surface area contributed by atoms with Gasteiger partial charge in [-0.1, -0.05) is 199 Å². The van der Waals surface area contributed by atoms with Gasteiger partial charge in [-0.3, -0.25) is 4.79 Å². The molecule has 0 fully saturated rings. The normalized spacial score (nSPS) is 12.3. The van der Waals surface area contributed by atoms with E-state index in [0.717, 1.165) is 25.7 Å². The zero-order valence-corrected chi connectivity index (χ0v) is 30.3. The predicted octanol–water partition coefficient (Wildman–Crippen LogP) is 13.3. The van der Waals surface area contributed by atoms with Gasteiger partial charge in [-0.15, -0.1) is 0 Å². The minimum Gasteiger partial charge on any atom is -0.391 e. The molecule has 0 aliphatic rings. The van der Waals surface area contributed by atoms with Crippen molar-refractivity contribution in [1.82, 2.24) is 5.32 Å². The van der Waals surface area contributed by atoms with E-state index in [1.807, 2.05) is 0 Å². The van der Waals surface area contributed by atoms with Gasteiger partial charge in [0.15, 0.2) is 0 Å². The number of hydrogen-bond acceptors (Lipinski definition) is 2. The van der Waals surface area contributed by atoms with E-state index in [9.17, 15) is 9.90 Å². The SMILES string of the molecule is CCCCCCCC/C=C/CCCCCCCCCCCCCC(=O)NCC(O)CCCCCCCCCCCCCCC. The molecule has 1 amide bonds. The summed E-state index contributed by atoms with van der Waals surface area (Å²) in [7, 11) is 0. The maximum absolute atomic E-state index is 12.1. The summed E-state index contributed by atoms with van der Waals surface area (Å²) in [5, 5.41) is 13.2. The second-order valence-electron chi connectivity index (χ2n) is 13.9. The maximum Gasteiger partial charge on any atom is 0.220 e. The van der Waals surface area contributed by atoms with Crippen molar-refractivity contribution in [3.05, 3.63) is 12.2 Å². The molecule has 0 aromatic heterocycles. The van der Waals surface area contributed by atoms with Crippen LogP contribution >= 0.6 is 0 Å². The number of nitrogens with one attached hydrogen (secondary N) is 1. The zero-order valence-electron chi connectivity index (χ0n) is 30.3. The third kappa shape index (κ3) is 37.4. The highest BCUT2D eigenvalue weighted by Gasteiger charge is 2.07. The van der Waals surface area contributed by atoms with Crippen LogP contribution in [0.5, 0.6) is 0 Å². The van der Waals surface area contributed by atoms with Gasteiger partial charge in [0.2, 0.25) is 5.91 Å². The van der Waals surface area contributed by atoms with Crippen molar-refractivity contribution < 1.29 is 9.90 Å². The Balaban J connectivity index is 3.28. The quantitative estimate of drug-likeness (QED) is 0.0537. The van der Waals surface area contributed by atoms with Gasteiger partial charge in [-0.25, -0.2) is 0 Å². The highest BCUT2D eigenvalue weighted by atomic mass is 16.3. The smallest absolute Gasteiger partial charge is 0.220 e. The molecule has 0 aromatic rings. The van der Waals surface area contributed by atoms with Gasteiger partial charge in [-0.05, 0) is 38.5 Å². The summed E-state index contributed by atoms with van der Waals surface area (Å²) in [6.45, 7) is 4.99. The third-order valence-electron chi connectivity index (χ3n) is 9.34. The molecule has 0 spiro atoms. The highest BCUT2D eigenvalue weighted by Crippen LogP contribution is 2.15. The van der Waals surface area contributed by atoms with Crippen LogP contribution in [0.2, 0.25) is 0 Å². The third-order valence-corrected chi connectivity index (χ3v) is 9.34. The van der Waals surface area contributed by atoms with Crippen molar-refractivity contribution in [2.24, 2.45) is 0 Å². The van der Waals surface area contributed by atoms with E-state index in [2.05, 4.69) is 31.3 Å². The molecular weight excluding hydrogens is 538 g/mol. The molecule has 0 saturated carbocycles. The van der Waals surface area contributed by atoms with Crippen LogP contribution in [-0.2, 0) is 4.79 Å². The topological polar surface area (TPSA) is 49.3 Å². The molecule has 0 bridgehead atoms. The van der Waals surface area contributed by atoms with E-state index in [1.165, 1.54) is 186 Å². The van der Waals surface area contributed by atoms with Crippen molar-refractivity contribution in [3.8, 4) is 0 Å². The van der Waals surface area contributed by atoms with E-state index in [0.29, 0.717) is 13.0 Å². The lowest BCUT2D eigenvalue weighted by molar-refractivity contribution is -0.121. The van der Waals surface area contributed by atoms with Gasteiger partial charge in [-0.2, -0.15) is 0 Å². The Morgan fingerprint density at radius 3 is 1.18 bits per heavy atom. The maximum atomic E-state index is 12.1. The molecule has 0 saturated heterocycles. The molecule has 0 heterocycles. The first-order valence-corrected chi connectivity index (χ1v) is 20.3. The van der Waals surface area contributed by atoms with Crippen LogP contribution in [-0.4, -0.2) is 23.7 Å². The van der Waals surface area contributed by atoms with E-state index in [4.69, 9.17) is 0 Å². The molecular formula is C41H81NO2. The zero-order chi connectivity index (χ0) is 32.0. The molecule has 0 aromatic carbocycles. The van der Waals surface area contributed by atoms with Crippen molar-refractivity contribution in [2.75, 3.05) is 6.54 Å².